The van der Waals surface area contributed by atoms with E-state index in [1.165, 1.54) is 0 Å². The van der Waals surface area contributed by atoms with E-state index in [0.29, 0.717) is 37.7 Å². The molecule has 0 unspecified atom stereocenters. The molecule has 0 bridgehead atoms. The van der Waals surface area contributed by atoms with E-state index in [-0.39, 0.29) is 12.0 Å². The van der Waals surface area contributed by atoms with Crippen LogP contribution in [0.1, 0.15) is 32.8 Å². The summed E-state index contributed by atoms with van der Waals surface area (Å²) in [4.78, 5) is 12.1. The minimum Gasteiger partial charge on any atom is -0.493 e. The highest BCUT2D eigenvalue weighted by Gasteiger charge is 2.32. The van der Waals surface area contributed by atoms with Crippen molar-refractivity contribution in [3.05, 3.63) is 42.2 Å². The van der Waals surface area contributed by atoms with Gasteiger partial charge in [0.25, 0.3) is 0 Å². The molecule has 1 saturated heterocycles. The number of nitrogens with zero attached hydrogens (tertiary/aromatic N) is 2. The van der Waals surface area contributed by atoms with Gasteiger partial charge in [-0.1, -0.05) is 0 Å². The van der Waals surface area contributed by atoms with E-state index in [1.807, 2.05) is 0 Å². The zero-order valence-corrected chi connectivity index (χ0v) is 17.6. The van der Waals surface area contributed by atoms with Gasteiger partial charge in [-0.25, -0.2) is 9.48 Å². The van der Waals surface area contributed by atoms with Crippen LogP contribution < -0.4 is 10.1 Å². The van der Waals surface area contributed by atoms with Crippen molar-refractivity contribution >= 4 is 6.09 Å². The summed E-state index contributed by atoms with van der Waals surface area (Å²) in [6.45, 7) is 6.68. The molecule has 3 rings (SSSR count). The third-order valence-corrected chi connectivity index (χ3v) is 4.65. The minimum atomic E-state index is -4.44. The molecule has 1 aliphatic heterocycles. The largest absolute Gasteiger partial charge is 0.493 e. The summed E-state index contributed by atoms with van der Waals surface area (Å²) in [6.07, 6.45) is -2.56. The van der Waals surface area contributed by atoms with E-state index in [0.717, 1.165) is 17.1 Å². The number of hydrogen-bond donors (Lipinski definition) is 1. The van der Waals surface area contributed by atoms with Crippen molar-refractivity contribution in [2.75, 3.05) is 19.8 Å². The second-order valence-corrected chi connectivity index (χ2v) is 8.35. The summed E-state index contributed by atoms with van der Waals surface area (Å²) in [6, 6.07) is 6.41. The molecule has 0 radical (unpaired) electrons. The highest BCUT2D eigenvalue weighted by molar-refractivity contribution is 5.68. The number of aromatic nitrogens is 2. The molecule has 0 saturated carbocycles. The van der Waals surface area contributed by atoms with E-state index < -0.39 is 23.4 Å². The third-order valence-electron chi connectivity index (χ3n) is 4.65. The van der Waals surface area contributed by atoms with Crippen LogP contribution in [0.5, 0.6) is 5.75 Å². The Morgan fingerprint density at radius 3 is 2.58 bits per heavy atom. The molecule has 7 nitrogen and oxygen atoms in total. The number of alkyl carbamates (subject to hydrolysis) is 1. The number of carbonyl (C=O) groups is 1. The second kappa shape index (κ2) is 9.17. The van der Waals surface area contributed by atoms with Crippen LogP contribution in [0.3, 0.4) is 0 Å². The summed E-state index contributed by atoms with van der Waals surface area (Å²) in [5.41, 5.74) is -0.916. The number of ether oxygens (including phenoxy) is 3. The molecule has 2 atom stereocenters. The van der Waals surface area contributed by atoms with E-state index >= 15 is 0 Å². The number of benzene rings is 1. The maximum atomic E-state index is 12.7. The van der Waals surface area contributed by atoms with Crippen molar-refractivity contribution in [3.8, 4) is 11.4 Å². The molecule has 31 heavy (non-hydrogen) atoms. The lowest BCUT2D eigenvalue weighted by Crippen LogP contribution is -2.48. The average Bonchev–Trinajstić information content (AvgIpc) is 3.17. The highest BCUT2D eigenvalue weighted by atomic mass is 19.4. The molecule has 0 aliphatic carbocycles. The quantitative estimate of drug-likeness (QED) is 0.753. The summed E-state index contributed by atoms with van der Waals surface area (Å²) >= 11 is 0. The number of hydrogen-bond acceptors (Lipinski definition) is 5. The van der Waals surface area contributed by atoms with E-state index in [2.05, 4.69) is 10.4 Å². The SMILES string of the molecule is CC(C)(C)OC(=O)N[C@H]1CCOC[C@@H]1COc1ccc(-n2cc(C(F)(F)F)cn2)cc1. The standard InChI is InChI=1S/C21H26F3N3O4/c1-20(2,3)31-19(28)26-18-8-9-29-12-14(18)13-30-17-6-4-16(5-7-17)27-11-15(10-25-27)21(22,23)24/h4-7,10-11,14,18H,8-9,12-13H2,1-3H3,(H,26,28)/t14-,18+/m1/s1. The number of halogens is 3. The highest BCUT2D eigenvalue weighted by Crippen LogP contribution is 2.29. The summed E-state index contributed by atoms with van der Waals surface area (Å²) in [7, 11) is 0. The Bertz CT molecular complexity index is 875. The predicted molar refractivity (Wildman–Crippen MR) is 106 cm³/mol. The van der Waals surface area contributed by atoms with Crippen molar-refractivity contribution in [2.45, 2.75) is 45.0 Å². The van der Waals surface area contributed by atoms with Gasteiger partial charge in [0.15, 0.2) is 0 Å². The second-order valence-electron chi connectivity index (χ2n) is 8.35. The Morgan fingerprint density at radius 1 is 1.26 bits per heavy atom. The molecule has 1 N–H and O–H groups in total. The fraction of sp³-hybridized carbons (Fsp3) is 0.524. The van der Waals surface area contributed by atoms with E-state index in [4.69, 9.17) is 14.2 Å². The van der Waals surface area contributed by atoms with Gasteiger partial charge in [-0.15, -0.1) is 0 Å². The molecule has 10 heteroatoms. The van der Waals surface area contributed by atoms with Crippen molar-refractivity contribution in [3.63, 3.8) is 0 Å². The first kappa shape index (κ1) is 22.9. The van der Waals surface area contributed by atoms with Crippen LogP contribution in [0.15, 0.2) is 36.7 Å². The maximum absolute atomic E-state index is 12.7. The van der Waals surface area contributed by atoms with Gasteiger partial charge >= 0.3 is 12.3 Å². The zero-order valence-electron chi connectivity index (χ0n) is 17.6. The smallest absolute Gasteiger partial charge is 0.419 e. The molecule has 1 fully saturated rings. The first-order valence-corrected chi connectivity index (χ1v) is 9.93. The van der Waals surface area contributed by atoms with Gasteiger partial charge in [-0.2, -0.15) is 18.3 Å². The monoisotopic (exact) mass is 441 g/mol. The van der Waals surface area contributed by atoms with Crippen LogP contribution >= 0.6 is 0 Å². The van der Waals surface area contributed by atoms with Crippen molar-refractivity contribution in [1.29, 1.82) is 0 Å². The molecule has 2 heterocycles. The molecule has 0 spiro atoms. The summed E-state index contributed by atoms with van der Waals surface area (Å²) < 4.78 is 56.0. The topological polar surface area (TPSA) is 74.6 Å². The Labute approximate surface area is 178 Å². The van der Waals surface area contributed by atoms with Crippen LogP contribution in [-0.2, 0) is 15.7 Å². The number of alkyl halides is 3. The third kappa shape index (κ3) is 6.61. The van der Waals surface area contributed by atoms with Gasteiger partial charge in [0, 0.05) is 24.8 Å². The van der Waals surface area contributed by atoms with Gasteiger partial charge in [0.05, 0.1) is 30.7 Å². The molecule has 1 amide bonds. The van der Waals surface area contributed by atoms with Crippen LogP contribution in [0.25, 0.3) is 5.69 Å². The van der Waals surface area contributed by atoms with Crippen LogP contribution in [-0.4, -0.2) is 47.3 Å². The van der Waals surface area contributed by atoms with E-state index in [1.54, 1.807) is 45.0 Å². The molecule has 1 aromatic carbocycles. The van der Waals surface area contributed by atoms with Gasteiger partial charge < -0.3 is 19.5 Å². The number of amides is 1. The zero-order chi connectivity index (χ0) is 22.6. The van der Waals surface area contributed by atoms with Gasteiger partial charge in [0.1, 0.15) is 11.4 Å². The molecule has 1 aromatic heterocycles. The van der Waals surface area contributed by atoms with Gasteiger partial charge in [0.2, 0.25) is 0 Å². The lowest BCUT2D eigenvalue weighted by atomic mass is 9.97. The first-order chi connectivity index (χ1) is 14.5. The lowest BCUT2D eigenvalue weighted by molar-refractivity contribution is -0.137. The van der Waals surface area contributed by atoms with Crippen LogP contribution in [0, 0.1) is 5.92 Å². The molecular formula is C21H26F3N3O4. The average molecular weight is 441 g/mol. The van der Waals surface area contributed by atoms with Crippen molar-refractivity contribution < 1.29 is 32.2 Å². The number of nitrogens with one attached hydrogen (secondary N) is 1. The number of carbonyl (C=O) groups excluding carboxylic acids is 1. The minimum absolute atomic E-state index is 0.0681. The first-order valence-electron chi connectivity index (χ1n) is 9.93. The fourth-order valence-electron chi connectivity index (χ4n) is 3.12. The van der Waals surface area contributed by atoms with Crippen molar-refractivity contribution in [2.24, 2.45) is 5.92 Å². The summed E-state index contributed by atoms with van der Waals surface area (Å²) in [5.74, 6) is 0.481. The lowest BCUT2D eigenvalue weighted by Gasteiger charge is -2.32. The fourth-order valence-corrected chi connectivity index (χ4v) is 3.12. The predicted octanol–water partition coefficient (Wildman–Crippen LogP) is 4.20. The maximum Gasteiger partial charge on any atom is 0.419 e. The Kier molecular flexibility index (Phi) is 6.78. The molecule has 170 valence electrons. The normalized spacial score (nSPS) is 19.7. The summed E-state index contributed by atoms with van der Waals surface area (Å²) in [5, 5.41) is 6.63. The van der Waals surface area contributed by atoms with Crippen LogP contribution in [0.4, 0.5) is 18.0 Å². The van der Waals surface area contributed by atoms with Gasteiger partial charge in [-0.05, 0) is 51.5 Å². The van der Waals surface area contributed by atoms with Gasteiger partial charge in [-0.3, -0.25) is 0 Å². The number of rotatable bonds is 5. The molecule has 1 aliphatic rings. The van der Waals surface area contributed by atoms with Crippen molar-refractivity contribution in [1.82, 2.24) is 15.1 Å². The Morgan fingerprint density at radius 2 is 1.97 bits per heavy atom. The van der Waals surface area contributed by atoms with E-state index in [9.17, 15) is 18.0 Å². The Balaban J connectivity index is 1.57. The molecular weight excluding hydrogens is 415 g/mol. The Hall–Kier alpha value is -2.75. The van der Waals surface area contributed by atoms with Crippen LogP contribution in [0.2, 0.25) is 0 Å². The molecule has 2 aromatic rings.